The van der Waals surface area contributed by atoms with Gasteiger partial charge in [-0.15, -0.1) is 0 Å². The van der Waals surface area contributed by atoms with Crippen molar-refractivity contribution in [3.63, 3.8) is 0 Å². The van der Waals surface area contributed by atoms with E-state index in [0.717, 1.165) is 47.6 Å². The van der Waals surface area contributed by atoms with Crippen LogP contribution in [0.15, 0.2) is 91.3 Å². The summed E-state index contributed by atoms with van der Waals surface area (Å²) in [6, 6.07) is 24.9. The Morgan fingerprint density at radius 2 is 1.62 bits per heavy atom. The summed E-state index contributed by atoms with van der Waals surface area (Å²) >= 11 is 0. The molecule has 0 aliphatic rings. The highest BCUT2D eigenvalue weighted by Crippen LogP contribution is 2.31. The maximum Gasteiger partial charge on any atom is 0.126 e. The predicted molar refractivity (Wildman–Crippen MR) is 116 cm³/mol. The van der Waals surface area contributed by atoms with E-state index in [2.05, 4.69) is 34.6 Å². The van der Waals surface area contributed by atoms with E-state index in [-0.39, 0.29) is 5.82 Å². The van der Waals surface area contributed by atoms with E-state index in [1.165, 1.54) is 17.7 Å². The largest absolute Gasteiger partial charge is 0.370 e. The first kappa shape index (κ1) is 18.8. The molecular formula is C25H22FN3. The van der Waals surface area contributed by atoms with Crippen molar-refractivity contribution >= 4 is 5.82 Å². The van der Waals surface area contributed by atoms with Gasteiger partial charge in [-0.25, -0.2) is 9.37 Å². The fourth-order valence-corrected chi connectivity index (χ4v) is 3.33. The van der Waals surface area contributed by atoms with Gasteiger partial charge in [0.1, 0.15) is 11.6 Å². The summed E-state index contributed by atoms with van der Waals surface area (Å²) in [5.41, 5.74) is 4.80. The number of pyridine rings is 2. The average Bonchev–Trinajstić information content (AvgIpc) is 2.78. The van der Waals surface area contributed by atoms with E-state index in [1.807, 2.05) is 36.4 Å². The first-order chi connectivity index (χ1) is 14.3. The van der Waals surface area contributed by atoms with E-state index in [0.29, 0.717) is 0 Å². The van der Waals surface area contributed by atoms with Crippen LogP contribution in [0.3, 0.4) is 0 Å². The van der Waals surface area contributed by atoms with Crippen LogP contribution in [0.4, 0.5) is 10.2 Å². The molecule has 2 aromatic carbocycles. The third-order valence-electron chi connectivity index (χ3n) is 4.78. The molecule has 0 radical (unpaired) electrons. The van der Waals surface area contributed by atoms with Crippen LogP contribution in [-0.2, 0) is 6.42 Å². The Balaban J connectivity index is 1.55. The van der Waals surface area contributed by atoms with E-state index < -0.39 is 0 Å². The molecule has 0 aliphatic carbocycles. The second kappa shape index (κ2) is 9.11. The maximum absolute atomic E-state index is 13.8. The SMILES string of the molecule is Fc1cccc(-c2ccc(NCCCc3ccccc3)nc2-c2ccncc2)c1. The first-order valence-corrected chi connectivity index (χ1v) is 9.75. The van der Waals surface area contributed by atoms with Crippen molar-refractivity contribution in [2.24, 2.45) is 0 Å². The van der Waals surface area contributed by atoms with Crippen molar-refractivity contribution in [3.8, 4) is 22.4 Å². The van der Waals surface area contributed by atoms with Gasteiger partial charge in [-0.05, 0) is 60.4 Å². The Labute approximate surface area is 170 Å². The number of rotatable bonds is 7. The predicted octanol–water partition coefficient (Wildman–Crippen LogP) is 5.99. The molecule has 144 valence electrons. The lowest BCUT2D eigenvalue weighted by molar-refractivity contribution is 0.628. The molecule has 1 N–H and O–H groups in total. The number of aromatic nitrogens is 2. The van der Waals surface area contributed by atoms with Gasteiger partial charge < -0.3 is 5.32 Å². The van der Waals surface area contributed by atoms with Gasteiger partial charge in [-0.3, -0.25) is 4.98 Å². The van der Waals surface area contributed by atoms with Gasteiger partial charge in [0.2, 0.25) is 0 Å². The third-order valence-corrected chi connectivity index (χ3v) is 4.78. The monoisotopic (exact) mass is 383 g/mol. The summed E-state index contributed by atoms with van der Waals surface area (Å²) in [6.45, 7) is 0.830. The molecule has 4 heteroatoms. The molecule has 2 aromatic heterocycles. The molecule has 0 bridgehead atoms. The van der Waals surface area contributed by atoms with Crippen LogP contribution >= 0.6 is 0 Å². The molecule has 4 rings (SSSR count). The molecule has 2 heterocycles. The number of aryl methyl sites for hydroxylation is 1. The number of hydrogen-bond acceptors (Lipinski definition) is 3. The zero-order valence-corrected chi connectivity index (χ0v) is 16.1. The summed E-state index contributed by atoms with van der Waals surface area (Å²) < 4.78 is 13.8. The molecule has 0 atom stereocenters. The molecule has 4 aromatic rings. The Kier molecular flexibility index (Phi) is 5.91. The summed E-state index contributed by atoms with van der Waals surface area (Å²) in [7, 11) is 0. The van der Waals surface area contributed by atoms with Gasteiger partial charge in [-0.1, -0.05) is 42.5 Å². The molecule has 0 aliphatic heterocycles. The molecule has 3 nitrogen and oxygen atoms in total. The van der Waals surface area contributed by atoms with Gasteiger partial charge in [-0.2, -0.15) is 0 Å². The summed E-state index contributed by atoms with van der Waals surface area (Å²) in [6.07, 6.45) is 5.52. The van der Waals surface area contributed by atoms with E-state index in [4.69, 9.17) is 4.98 Å². The van der Waals surface area contributed by atoms with Crippen molar-refractivity contribution in [3.05, 3.63) is 103 Å². The molecular weight excluding hydrogens is 361 g/mol. The Morgan fingerprint density at radius 3 is 2.41 bits per heavy atom. The highest BCUT2D eigenvalue weighted by atomic mass is 19.1. The van der Waals surface area contributed by atoms with Gasteiger partial charge >= 0.3 is 0 Å². The molecule has 0 saturated carbocycles. The number of benzene rings is 2. The topological polar surface area (TPSA) is 37.8 Å². The molecule has 0 amide bonds. The van der Waals surface area contributed by atoms with Crippen LogP contribution in [-0.4, -0.2) is 16.5 Å². The highest BCUT2D eigenvalue weighted by Gasteiger charge is 2.11. The second-order valence-electron chi connectivity index (χ2n) is 6.85. The van der Waals surface area contributed by atoms with Crippen LogP contribution in [0.5, 0.6) is 0 Å². The standard InChI is InChI=1S/C25H22FN3/c26-22-10-4-9-21(18-22)23-11-12-24(29-25(23)20-13-16-27-17-14-20)28-15-5-8-19-6-2-1-3-7-19/h1-4,6-7,9-14,16-18H,5,8,15H2,(H,28,29). The smallest absolute Gasteiger partial charge is 0.126 e. The molecule has 0 fully saturated rings. The molecule has 0 unspecified atom stereocenters. The number of nitrogens with zero attached hydrogens (tertiary/aromatic N) is 2. The van der Waals surface area contributed by atoms with Crippen molar-refractivity contribution in [2.75, 3.05) is 11.9 Å². The van der Waals surface area contributed by atoms with Crippen molar-refractivity contribution in [1.82, 2.24) is 9.97 Å². The zero-order chi connectivity index (χ0) is 19.9. The first-order valence-electron chi connectivity index (χ1n) is 9.75. The highest BCUT2D eigenvalue weighted by molar-refractivity contribution is 5.81. The number of anilines is 1. The van der Waals surface area contributed by atoms with Gasteiger partial charge in [0, 0.05) is 30.1 Å². The van der Waals surface area contributed by atoms with E-state index in [9.17, 15) is 4.39 Å². The number of hydrogen-bond donors (Lipinski definition) is 1. The Hall–Kier alpha value is -3.53. The summed E-state index contributed by atoms with van der Waals surface area (Å²) in [5, 5.41) is 3.41. The Bertz CT molecular complexity index is 1070. The van der Waals surface area contributed by atoms with E-state index in [1.54, 1.807) is 18.5 Å². The number of nitrogens with one attached hydrogen (secondary N) is 1. The minimum Gasteiger partial charge on any atom is -0.370 e. The summed E-state index contributed by atoms with van der Waals surface area (Å²) in [5.74, 6) is 0.552. The lowest BCUT2D eigenvalue weighted by atomic mass is 10.00. The molecule has 0 spiro atoms. The van der Waals surface area contributed by atoms with E-state index >= 15 is 0 Å². The van der Waals surface area contributed by atoms with Crippen LogP contribution in [0, 0.1) is 5.82 Å². The molecule has 0 saturated heterocycles. The van der Waals surface area contributed by atoms with Crippen LogP contribution in [0.2, 0.25) is 0 Å². The second-order valence-corrected chi connectivity index (χ2v) is 6.85. The average molecular weight is 383 g/mol. The fourth-order valence-electron chi connectivity index (χ4n) is 3.33. The van der Waals surface area contributed by atoms with Crippen molar-refractivity contribution in [2.45, 2.75) is 12.8 Å². The Morgan fingerprint density at radius 1 is 0.793 bits per heavy atom. The van der Waals surface area contributed by atoms with Gasteiger partial charge in [0.05, 0.1) is 5.69 Å². The fraction of sp³-hybridized carbons (Fsp3) is 0.120. The van der Waals surface area contributed by atoms with Gasteiger partial charge in [0.15, 0.2) is 0 Å². The minimum absolute atomic E-state index is 0.258. The van der Waals surface area contributed by atoms with Gasteiger partial charge in [0.25, 0.3) is 0 Å². The lowest BCUT2D eigenvalue weighted by Gasteiger charge is -2.13. The quantitative estimate of drug-likeness (QED) is 0.398. The van der Waals surface area contributed by atoms with Crippen molar-refractivity contribution < 1.29 is 4.39 Å². The zero-order valence-electron chi connectivity index (χ0n) is 16.1. The summed E-state index contributed by atoms with van der Waals surface area (Å²) in [4.78, 5) is 8.93. The third kappa shape index (κ3) is 4.85. The normalized spacial score (nSPS) is 10.7. The maximum atomic E-state index is 13.8. The lowest BCUT2D eigenvalue weighted by Crippen LogP contribution is -2.05. The number of halogens is 1. The van der Waals surface area contributed by atoms with Crippen LogP contribution < -0.4 is 5.32 Å². The molecule has 29 heavy (non-hydrogen) atoms. The van der Waals surface area contributed by atoms with Crippen LogP contribution in [0.1, 0.15) is 12.0 Å². The minimum atomic E-state index is -0.258. The van der Waals surface area contributed by atoms with Crippen molar-refractivity contribution in [1.29, 1.82) is 0 Å². The van der Waals surface area contributed by atoms with Crippen LogP contribution in [0.25, 0.3) is 22.4 Å².